The number of unbranched alkanes of at least 4 members (excludes halogenated alkanes) is 2. The molecule has 0 spiro atoms. The number of hydrogen-bond acceptors (Lipinski definition) is 2. The molecule has 3 heteroatoms. The highest BCUT2D eigenvalue weighted by Gasteiger charge is 2.58. The normalized spacial score (nSPS) is 38.3. The van der Waals surface area contributed by atoms with Crippen LogP contribution in [-0.4, -0.2) is 23.3 Å². The molecule has 0 aromatic carbocycles. The van der Waals surface area contributed by atoms with Crippen LogP contribution in [0.4, 0.5) is 0 Å². The zero-order chi connectivity index (χ0) is 12.0. The maximum absolute atomic E-state index is 12.3. The van der Waals surface area contributed by atoms with E-state index in [1.165, 1.54) is 4.90 Å². The number of rotatable bonds is 4. The molecule has 2 amide bonds. The Balaban J connectivity index is 1.74. The Morgan fingerprint density at radius 1 is 1.12 bits per heavy atom. The molecule has 17 heavy (non-hydrogen) atoms. The van der Waals surface area contributed by atoms with E-state index in [-0.39, 0.29) is 23.7 Å². The first kappa shape index (κ1) is 11.0. The second-order valence-electron chi connectivity index (χ2n) is 5.54. The molecule has 0 N–H and O–H groups in total. The summed E-state index contributed by atoms with van der Waals surface area (Å²) in [5.74, 6) is 0.870. The second kappa shape index (κ2) is 3.97. The van der Waals surface area contributed by atoms with Gasteiger partial charge in [0.25, 0.3) is 0 Å². The molecule has 2 fully saturated rings. The molecule has 4 atom stereocenters. The number of likely N-dealkylation sites (tertiary alicyclic amines) is 1. The fourth-order valence-corrected chi connectivity index (χ4v) is 3.70. The summed E-state index contributed by atoms with van der Waals surface area (Å²) in [7, 11) is 0. The van der Waals surface area contributed by atoms with Gasteiger partial charge < -0.3 is 0 Å². The van der Waals surface area contributed by atoms with Gasteiger partial charge in [-0.1, -0.05) is 31.9 Å². The van der Waals surface area contributed by atoms with Gasteiger partial charge in [0.05, 0.1) is 11.8 Å². The molecule has 3 nitrogen and oxygen atoms in total. The molecule has 1 aliphatic heterocycles. The molecule has 0 radical (unpaired) electrons. The summed E-state index contributed by atoms with van der Waals surface area (Å²) >= 11 is 0. The van der Waals surface area contributed by atoms with Crippen molar-refractivity contribution in [1.29, 1.82) is 0 Å². The van der Waals surface area contributed by atoms with E-state index < -0.39 is 0 Å². The Bertz CT molecular complexity index is 358. The highest BCUT2D eigenvalue weighted by molar-refractivity contribution is 6.06. The molecule has 2 aliphatic carbocycles. The van der Waals surface area contributed by atoms with Crippen LogP contribution in [0.5, 0.6) is 0 Å². The fraction of sp³-hybridized carbons (Fsp3) is 0.714. The van der Waals surface area contributed by atoms with Crippen LogP contribution in [0.15, 0.2) is 12.2 Å². The van der Waals surface area contributed by atoms with E-state index in [0.29, 0.717) is 18.4 Å². The lowest BCUT2D eigenvalue weighted by Crippen LogP contribution is -2.33. The van der Waals surface area contributed by atoms with Gasteiger partial charge in [-0.25, -0.2) is 0 Å². The van der Waals surface area contributed by atoms with Gasteiger partial charge in [0.1, 0.15) is 0 Å². The molecule has 0 aromatic heterocycles. The summed E-state index contributed by atoms with van der Waals surface area (Å²) in [5, 5.41) is 0. The summed E-state index contributed by atoms with van der Waals surface area (Å²) in [6, 6.07) is 0. The number of allylic oxidation sites excluding steroid dienone is 2. The molecular formula is C14H19NO2. The Kier molecular flexibility index (Phi) is 2.57. The highest BCUT2D eigenvalue weighted by Crippen LogP contribution is 2.52. The number of carbonyl (C=O) groups excluding carboxylic acids is 2. The number of amides is 2. The fourth-order valence-electron chi connectivity index (χ4n) is 3.70. The van der Waals surface area contributed by atoms with Crippen LogP contribution in [0.3, 0.4) is 0 Å². The van der Waals surface area contributed by atoms with Crippen LogP contribution in [0.2, 0.25) is 0 Å². The van der Waals surface area contributed by atoms with E-state index in [9.17, 15) is 9.59 Å². The van der Waals surface area contributed by atoms with Crippen molar-refractivity contribution in [1.82, 2.24) is 4.90 Å². The van der Waals surface area contributed by atoms with Gasteiger partial charge >= 0.3 is 0 Å². The Hall–Kier alpha value is -1.12. The summed E-state index contributed by atoms with van der Waals surface area (Å²) in [5.41, 5.74) is 0. The Labute approximate surface area is 102 Å². The van der Waals surface area contributed by atoms with Crippen LogP contribution >= 0.6 is 0 Å². The maximum Gasteiger partial charge on any atom is 0.233 e. The van der Waals surface area contributed by atoms with Crippen LogP contribution in [0.25, 0.3) is 0 Å². The predicted molar refractivity (Wildman–Crippen MR) is 64.0 cm³/mol. The number of hydrogen-bond donors (Lipinski definition) is 0. The summed E-state index contributed by atoms with van der Waals surface area (Å²) in [6.07, 6.45) is 8.48. The molecule has 3 rings (SSSR count). The van der Waals surface area contributed by atoms with Gasteiger partial charge in [0.2, 0.25) is 11.8 Å². The van der Waals surface area contributed by atoms with Crippen molar-refractivity contribution >= 4 is 11.8 Å². The average molecular weight is 233 g/mol. The number of nitrogens with zero attached hydrogens (tertiary/aromatic N) is 1. The van der Waals surface area contributed by atoms with E-state index in [1.54, 1.807) is 0 Å². The first-order valence-electron chi connectivity index (χ1n) is 6.77. The second-order valence-corrected chi connectivity index (χ2v) is 5.54. The molecule has 1 saturated heterocycles. The van der Waals surface area contributed by atoms with E-state index >= 15 is 0 Å². The lowest BCUT2D eigenvalue weighted by atomic mass is 9.85. The summed E-state index contributed by atoms with van der Waals surface area (Å²) in [4.78, 5) is 26.0. The van der Waals surface area contributed by atoms with Gasteiger partial charge in [-0.05, 0) is 24.7 Å². The number of carbonyl (C=O) groups is 2. The largest absolute Gasteiger partial charge is 0.282 e. The van der Waals surface area contributed by atoms with Crippen molar-refractivity contribution < 1.29 is 9.59 Å². The average Bonchev–Trinajstić information content (AvgIpc) is 2.97. The molecule has 92 valence electrons. The van der Waals surface area contributed by atoms with Gasteiger partial charge in [-0.15, -0.1) is 0 Å². The van der Waals surface area contributed by atoms with Crippen LogP contribution < -0.4 is 0 Å². The maximum atomic E-state index is 12.3. The minimum Gasteiger partial charge on any atom is -0.282 e. The smallest absolute Gasteiger partial charge is 0.233 e. The third kappa shape index (κ3) is 1.48. The molecule has 3 aliphatic rings. The Morgan fingerprint density at radius 3 is 2.24 bits per heavy atom. The van der Waals surface area contributed by atoms with Crippen molar-refractivity contribution in [2.45, 2.75) is 32.6 Å². The minimum atomic E-state index is -0.0147. The van der Waals surface area contributed by atoms with E-state index in [2.05, 4.69) is 19.1 Å². The summed E-state index contributed by atoms with van der Waals surface area (Å²) in [6.45, 7) is 2.77. The number of imide groups is 1. The van der Waals surface area contributed by atoms with Gasteiger partial charge in [-0.2, -0.15) is 0 Å². The van der Waals surface area contributed by atoms with Crippen LogP contribution in [-0.2, 0) is 9.59 Å². The Morgan fingerprint density at radius 2 is 1.71 bits per heavy atom. The first-order valence-corrected chi connectivity index (χ1v) is 6.77. The van der Waals surface area contributed by atoms with Crippen molar-refractivity contribution in [3.05, 3.63) is 12.2 Å². The molecule has 1 saturated carbocycles. The van der Waals surface area contributed by atoms with Gasteiger partial charge in [0.15, 0.2) is 0 Å². The quantitative estimate of drug-likeness (QED) is 0.423. The molecule has 1 heterocycles. The van der Waals surface area contributed by atoms with E-state index in [1.807, 2.05) is 0 Å². The van der Waals surface area contributed by atoms with E-state index in [4.69, 9.17) is 0 Å². The third-order valence-corrected chi connectivity index (χ3v) is 4.55. The SMILES string of the molecule is CCCCCN1C(=O)[C@@H]2[C@H](C1=O)[C@H]1C=C[C@@H]2C1. The van der Waals surface area contributed by atoms with Crippen LogP contribution in [0, 0.1) is 23.7 Å². The number of fused-ring (bicyclic) bond motifs is 5. The lowest BCUT2D eigenvalue weighted by molar-refractivity contribution is -0.140. The van der Waals surface area contributed by atoms with Crippen LogP contribution in [0.1, 0.15) is 32.6 Å². The standard InChI is InChI=1S/C14H19NO2/c1-2-3-4-7-15-13(16)11-9-5-6-10(8-9)12(11)14(15)17/h5-6,9-12H,2-4,7-8H2,1H3/t9-,10+,11+,12-. The topological polar surface area (TPSA) is 37.4 Å². The third-order valence-electron chi connectivity index (χ3n) is 4.55. The van der Waals surface area contributed by atoms with Crippen molar-refractivity contribution in [3.8, 4) is 0 Å². The first-order chi connectivity index (χ1) is 8.24. The van der Waals surface area contributed by atoms with Gasteiger partial charge in [-0.3, -0.25) is 14.5 Å². The summed E-state index contributed by atoms with van der Waals surface area (Å²) < 4.78 is 0. The van der Waals surface area contributed by atoms with Gasteiger partial charge in [0, 0.05) is 6.54 Å². The molecular weight excluding hydrogens is 214 g/mol. The zero-order valence-electron chi connectivity index (χ0n) is 10.3. The lowest BCUT2D eigenvalue weighted by Gasteiger charge is -2.16. The highest BCUT2D eigenvalue weighted by atomic mass is 16.2. The molecule has 2 bridgehead atoms. The molecule has 0 unspecified atom stereocenters. The zero-order valence-corrected chi connectivity index (χ0v) is 10.3. The monoisotopic (exact) mass is 233 g/mol. The van der Waals surface area contributed by atoms with Crippen molar-refractivity contribution in [2.24, 2.45) is 23.7 Å². The molecule has 0 aromatic rings. The van der Waals surface area contributed by atoms with Crippen molar-refractivity contribution in [3.63, 3.8) is 0 Å². The minimum absolute atomic E-state index is 0.0147. The van der Waals surface area contributed by atoms with E-state index in [0.717, 1.165) is 25.7 Å². The predicted octanol–water partition coefficient (Wildman–Crippen LogP) is 1.98. The van der Waals surface area contributed by atoms with Crippen molar-refractivity contribution in [2.75, 3.05) is 6.54 Å².